The predicted octanol–water partition coefficient (Wildman–Crippen LogP) is 5.04. The number of benzene rings is 1. The van der Waals surface area contributed by atoms with Gasteiger partial charge in [-0.3, -0.25) is 4.79 Å². The van der Waals surface area contributed by atoms with Crippen LogP contribution in [-0.2, 0) is 11.2 Å². The molecule has 0 unspecified atom stereocenters. The third kappa shape index (κ3) is 2.87. The van der Waals surface area contributed by atoms with Crippen LogP contribution < -0.4 is 0 Å². The van der Waals surface area contributed by atoms with Crippen molar-refractivity contribution in [1.82, 2.24) is 9.88 Å². The highest BCUT2D eigenvalue weighted by Gasteiger charge is 2.50. The molecule has 1 amide bonds. The molecule has 128 valence electrons. The topological polar surface area (TPSA) is 36.1 Å². The molecule has 1 aliphatic heterocycles. The van der Waals surface area contributed by atoms with Crippen LogP contribution in [0.4, 0.5) is 13.2 Å². The van der Waals surface area contributed by atoms with Crippen molar-refractivity contribution in [3.63, 3.8) is 0 Å². The molecular formula is C15H10Cl3F3N2O. The van der Waals surface area contributed by atoms with E-state index in [1.54, 1.807) is 24.3 Å². The van der Waals surface area contributed by atoms with Gasteiger partial charge in [0.25, 0.3) is 5.91 Å². The SMILES string of the molecule is O=C(C(Cl)=C(Cl)Cl)N1CCc2c([nH]c3ccccc23)[C@H]1C(F)(F)F. The molecule has 24 heavy (non-hydrogen) atoms. The maximum atomic E-state index is 13.7. The first kappa shape index (κ1) is 17.5. The van der Waals surface area contributed by atoms with Crippen LogP contribution in [0.3, 0.4) is 0 Å². The molecule has 1 N–H and O–H groups in total. The highest BCUT2D eigenvalue weighted by Crippen LogP contribution is 2.44. The molecule has 2 heterocycles. The minimum atomic E-state index is -4.68. The molecule has 9 heteroatoms. The lowest BCUT2D eigenvalue weighted by Gasteiger charge is -2.36. The Bertz CT molecular complexity index is 840. The number of nitrogens with zero attached hydrogens (tertiary/aromatic N) is 1. The molecule has 3 rings (SSSR count). The van der Waals surface area contributed by atoms with E-state index >= 15 is 0 Å². The first-order chi connectivity index (χ1) is 11.2. The number of carbonyl (C=O) groups is 1. The Morgan fingerprint density at radius 1 is 1.21 bits per heavy atom. The Morgan fingerprint density at radius 2 is 1.88 bits per heavy atom. The number of H-pyrrole nitrogens is 1. The molecule has 0 spiro atoms. The Hall–Kier alpha value is -1.37. The number of rotatable bonds is 1. The van der Waals surface area contributed by atoms with Gasteiger partial charge in [0.05, 0.1) is 5.69 Å². The fourth-order valence-corrected chi connectivity index (χ4v) is 3.28. The zero-order chi connectivity index (χ0) is 17.6. The largest absolute Gasteiger partial charge is 0.414 e. The normalized spacial score (nSPS) is 17.8. The summed E-state index contributed by atoms with van der Waals surface area (Å²) >= 11 is 16.6. The van der Waals surface area contributed by atoms with Gasteiger partial charge < -0.3 is 9.88 Å². The van der Waals surface area contributed by atoms with Crippen LogP contribution in [0.1, 0.15) is 17.3 Å². The van der Waals surface area contributed by atoms with Crippen molar-refractivity contribution < 1.29 is 18.0 Å². The highest BCUT2D eigenvalue weighted by molar-refractivity contribution is 6.62. The number of hydrogen-bond acceptors (Lipinski definition) is 1. The smallest absolute Gasteiger partial charge is 0.356 e. The van der Waals surface area contributed by atoms with E-state index in [4.69, 9.17) is 34.8 Å². The van der Waals surface area contributed by atoms with Crippen molar-refractivity contribution in [3.05, 3.63) is 45.0 Å². The lowest BCUT2D eigenvalue weighted by molar-refractivity contribution is -0.193. The zero-order valence-corrected chi connectivity index (χ0v) is 14.2. The Morgan fingerprint density at radius 3 is 2.50 bits per heavy atom. The summed E-state index contributed by atoms with van der Waals surface area (Å²) in [6, 6.07) is 4.78. The van der Waals surface area contributed by atoms with E-state index in [1.165, 1.54) is 0 Å². The number of fused-ring (bicyclic) bond motifs is 3. The summed E-state index contributed by atoms with van der Waals surface area (Å²) in [6.45, 7) is -0.144. The second kappa shape index (κ2) is 6.17. The van der Waals surface area contributed by atoms with Gasteiger partial charge in [-0.05, 0) is 18.1 Å². The quantitative estimate of drug-likeness (QED) is 0.672. The fourth-order valence-electron chi connectivity index (χ4n) is 3.01. The number of nitrogens with one attached hydrogen (secondary N) is 1. The maximum Gasteiger partial charge on any atom is 0.414 e. The third-order valence-corrected chi connectivity index (χ3v) is 4.88. The van der Waals surface area contributed by atoms with Gasteiger partial charge in [-0.1, -0.05) is 53.0 Å². The minimum Gasteiger partial charge on any atom is -0.356 e. The van der Waals surface area contributed by atoms with Crippen molar-refractivity contribution >= 4 is 51.6 Å². The van der Waals surface area contributed by atoms with E-state index in [0.29, 0.717) is 21.4 Å². The van der Waals surface area contributed by atoms with Gasteiger partial charge >= 0.3 is 6.18 Å². The average molecular weight is 398 g/mol. The van der Waals surface area contributed by atoms with Crippen molar-refractivity contribution in [2.24, 2.45) is 0 Å². The van der Waals surface area contributed by atoms with Gasteiger partial charge in [0.15, 0.2) is 6.04 Å². The molecular weight excluding hydrogens is 388 g/mol. The number of aromatic nitrogens is 1. The van der Waals surface area contributed by atoms with Crippen LogP contribution in [0.2, 0.25) is 0 Å². The van der Waals surface area contributed by atoms with Crippen molar-refractivity contribution in [2.45, 2.75) is 18.6 Å². The second-order valence-electron chi connectivity index (χ2n) is 5.33. The summed E-state index contributed by atoms with van der Waals surface area (Å²) in [4.78, 5) is 15.7. The number of carbonyl (C=O) groups excluding carboxylic acids is 1. The van der Waals surface area contributed by atoms with Crippen molar-refractivity contribution in [3.8, 4) is 0 Å². The molecule has 0 saturated heterocycles. The van der Waals surface area contributed by atoms with E-state index in [9.17, 15) is 18.0 Å². The Labute approximate surface area is 150 Å². The molecule has 0 saturated carbocycles. The summed E-state index contributed by atoms with van der Waals surface area (Å²) < 4.78 is 40.5. The van der Waals surface area contributed by atoms with Crippen LogP contribution in [-0.4, -0.2) is 28.5 Å². The van der Waals surface area contributed by atoms with Gasteiger partial charge in [0, 0.05) is 17.4 Å². The molecule has 0 bridgehead atoms. The van der Waals surface area contributed by atoms with Gasteiger partial charge in [-0.15, -0.1) is 0 Å². The van der Waals surface area contributed by atoms with Crippen LogP contribution in [0, 0.1) is 0 Å². The predicted molar refractivity (Wildman–Crippen MR) is 87.1 cm³/mol. The first-order valence-electron chi connectivity index (χ1n) is 6.89. The number of amides is 1. The summed E-state index contributed by atoms with van der Waals surface area (Å²) in [5.74, 6) is -1.05. The summed E-state index contributed by atoms with van der Waals surface area (Å²) in [5.41, 5.74) is 1.08. The maximum absolute atomic E-state index is 13.7. The molecule has 1 aromatic heterocycles. The number of hydrogen-bond donors (Lipinski definition) is 1. The van der Waals surface area contributed by atoms with Crippen LogP contribution in [0.5, 0.6) is 0 Å². The van der Waals surface area contributed by atoms with E-state index in [2.05, 4.69) is 4.98 Å². The number of aromatic amines is 1. The molecule has 1 atom stereocenters. The molecule has 1 aromatic carbocycles. The average Bonchev–Trinajstić information content (AvgIpc) is 2.89. The molecule has 0 fully saturated rings. The van der Waals surface area contributed by atoms with Gasteiger partial charge in [-0.25, -0.2) is 0 Å². The van der Waals surface area contributed by atoms with Gasteiger partial charge in [0.2, 0.25) is 0 Å². The molecule has 3 nitrogen and oxygen atoms in total. The Kier molecular flexibility index (Phi) is 4.49. The van der Waals surface area contributed by atoms with Gasteiger partial charge in [0.1, 0.15) is 9.52 Å². The highest BCUT2D eigenvalue weighted by atomic mass is 35.5. The third-order valence-electron chi connectivity index (χ3n) is 3.96. The molecule has 2 aromatic rings. The Balaban J connectivity index is 2.15. The lowest BCUT2D eigenvalue weighted by Crippen LogP contribution is -2.46. The zero-order valence-electron chi connectivity index (χ0n) is 11.9. The summed E-state index contributed by atoms with van der Waals surface area (Å²) in [5, 5.41) is 0.0815. The molecule has 0 aliphatic carbocycles. The first-order valence-corrected chi connectivity index (χ1v) is 8.03. The number of halogens is 6. The van der Waals surface area contributed by atoms with E-state index in [-0.39, 0.29) is 18.7 Å². The van der Waals surface area contributed by atoms with Crippen LogP contribution >= 0.6 is 34.8 Å². The minimum absolute atomic E-state index is 0.0570. The summed E-state index contributed by atoms with van der Waals surface area (Å²) in [6.07, 6.45) is -4.41. The molecule has 0 radical (unpaired) electrons. The van der Waals surface area contributed by atoms with Crippen molar-refractivity contribution in [1.29, 1.82) is 0 Å². The standard InChI is InChI=1S/C15H10Cl3F3N2O/c16-10(13(17)18)14(24)23-6-5-8-7-3-1-2-4-9(7)22-11(8)12(23)15(19,20)21/h1-4,12,22H,5-6H2/t12-/m0/s1. The monoisotopic (exact) mass is 396 g/mol. The van der Waals surface area contributed by atoms with Crippen LogP contribution in [0.15, 0.2) is 33.8 Å². The number of alkyl halides is 3. The fraction of sp³-hybridized carbons (Fsp3) is 0.267. The van der Waals surface area contributed by atoms with E-state index in [1.807, 2.05) is 0 Å². The molecule has 1 aliphatic rings. The summed E-state index contributed by atoms with van der Waals surface area (Å²) in [7, 11) is 0. The lowest BCUT2D eigenvalue weighted by atomic mass is 9.96. The number of para-hydroxylation sites is 1. The van der Waals surface area contributed by atoms with Crippen molar-refractivity contribution in [2.75, 3.05) is 6.54 Å². The van der Waals surface area contributed by atoms with Gasteiger partial charge in [-0.2, -0.15) is 13.2 Å². The van der Waals surface area contributed by atoms with E-state index in [0.717, 1.165) is 0 Å². The second-order valence-corrected chi connectivity index (χ2v) is 6.66. The van der Waals surface area contributed by atoms with Crippen LogP contribution in [0.25, 0.3) is 10.9 Å². The van der Waals surface area contributed by atoms with E-state index < -0.39 is 27.6 Å².